The second-order valence-corrected chi connectivity index (χ2v) is 4.94. The zero-order valence-electron chi connectivity index (χ0n) is 12.1. The van der Waals surface area contributed by atoms with Crippen LogP contribution in [0.15, 0.2) is 48.7 Å². The lowest BCUT2D eigenvalue weighted by atomic mass is 10.1. The van der Waals surface area contributed by atoms with E-state index in [4.69, 9.17) is 5.73 Å². The number of rotatable bonds is 5. The Morgan fingerprint density at radius 2 is 1.95 bits per heavy atom. The molecule has 3 N–H and O–H groups in total. The molecule has 0 fully saturated rings. The highest BCUT2D eigenvalue weighted by Gasteiger charge is 2.14. The van der Waals surface area contributed by atoms with E-state index in [0.717, 1.165) is 11.4 Å². The first-order valence-corrected chi connectivity index (χ1v) is 7.14. The number of hydrogen-bond donors (Lipinski definition) is 2. The molecule has 6 nitrogen and oxygen atoms in total. The molecule has 0 bridgehead atoms. The molecule has 0 saturated carbocycles. The first-order chi connectivity index (χ1) is 10.8. The lowest BCUT2D eigenvalue weighted by Gasteiger charge is -2.05. The van der Waals surface area contributed by atoms with Crippen LogP contribution in [0.2, 0.25) is 0 Å². The average molecular weight is 295 g/mol. The molecule has 1 aromatic carbocycles. The third-order valence-electron chi connectivity index (χ3n) is 3.38. The Balaban J connectivity index is 1.93. The Bertz CT molecular complexity index is 782. The predicted octanol–water partition coefficient (Wildman–Crippen LogP) is 1.01. The minimum Gasteiger partial charge on any atom is -0.351 e. The van der Waals surface area contributed by atoms with Gasteiger partial charge in [0.1, 0.15) is 5.82 Å². The number of nitrogens with two attached hydrogens (primary N) is 1. The first-order valence-electron chi connectivity index (χ1n) is 7.14. The Labute approximate surface area is 128 Å². The van der Waals surface area contributed by atoms with Gasteiger partial charge in [0.05, 0.1) is 5.56 Å². The molecule has 22 heavy (non-hydrogen) atoms. The number of carbonyl (C=O) groups is 1. The summed E-state index contributed by atoms with van der Waals surface area (Å²) in [7, 11) is 0. The van der Waals surface area contributed by atoms with E-state index in [-0.39, 0.29) is 5.91 Å². The summed E-state index contributed by atoms with van der Waals surface area (Å²) in [6.45, 7) is 0.839. The van der Waals surface area contributed by atoms with E-state index in [0.29, 0.717) is 30.7 Å². The number of nitrogens with one attached hydrogen (secondary N) is 1. The van der Waals surface area contributed by atoms with Gasteiger partial charge in [0.2, 0.25) is 0 Å². The summed E-state index contributed by atoms with van der Waals surface area (Å²) < 4.78 is 1.85. The van der Waals surface area contributed by atoms with Gasteiger partial charge in [-0.15, -0.1) is 10.2 Å². The van der Waals surface area contributed by atoms with E-state index in [1.165, 1.54) is 0 Å². The summed E-state index contributed by atoms with van der Waals surface area (Å²) in [5.41, 5.74) is 7.62. The minimum atomic E-state index is -0.185. The molecule has 0 aliphatic carbocycles. The highest BCUT2D eigenvalue weighted by atomic mass is 16.1. The molecule has 2 heterocycles. The number of carbonyl (C=O) groups excluding carboxylic acids is 1. The topological polar surface area (TPSA) is 85.3 Å². The van der Waals surface area contributed by atoms with Crippen LogP contribution in [0.5, 0.6) is 0 Å². The molecule has 0 radical (unpaired) electrons. The van der Waals surface area contributed by atoms with Crippen LogP contribution in [0.1, 0.15) is 21.7 Å². The van der Waals surface area contributed by atoms with E-state index in [1.54, 1.807) is 6.07 Å². The van der Waals surface area contributed by atoms with E-state index in [2.05, 4.69) is 15.5 Å². The van der Waals surface area contributed by atoms with E-state index < -0.39 is 0 Å². The number of aromatic nitrogens is 3. The van der Waals surface area contributed by atoms with Crippen molar-refractivity contribution in [2.24, 2.45) is 5.73 Å². The van der Waals surface area contributed by atoms with Crippen molar-refractivity contribution >= 4 is 11.6 Å². The summed E-state index contributed by atoms with van der Waals surface area (Å²) in [4.78, 5) is 12.1. The van der Waals surface area contributed by atoms with Gasteiger partial charge < -0.3 is 11.1 Å². The first kappa shape index (κ1) is 14.2. The lowest BCUT2D eigenvalue weighted by Crippen LogP contribution is -2.29. The highest BCUT2D eigenvalue weighted by molar-refractivity contribution is 5.99. The Kier molecular flexibility index (Phi) is 4.11. The van der Waals surface area contributed by atoms with Gasteiger partial charge in [-0.1, -0.05) is 30.3 Å². The number of fused-ring (bicyclic) bond motifs is 1. The summed E-state index contributed by atoms with van der Waals surface area (Å²) >= 11 is 0. The van der Waals surface area contributed by atoms with E-state index in [9.17, 15) is 4.79 Å². The molecule has 1 amide bonds. The molecule has 0 unspecified atom stereocenters. The zero-order chi connectivity index (χ0) is 15.4. The van der Waals surface area contributed by atoms with Crippen LogP contribution in [0.3, 0.4) is 0 Å². The molecule has 3 aromatic rings. The van der Waals surface area contributed by atoms with Crippen LogP contribution in [0.4, 0.5) is 0 Å². The van der Waals surface area contributed by atoms with Crippen molar-refractivity contribution in [3.63, 3.8) is 0 Å². The number of nitrogens with zero attached hydrogens (tertiary/aromatic N) is 3. The summed E-state index contributed by atoms with van der Waals surface area (Å²) in [6, 6.07) is 13.6. The van der Waals surface area contributed by atoms with Gasteiger partial charge in [-0.2, -0.15) is 0 Å². The molecule has 0 spiro atoms. The van der Waals surface area contributed by atoms with Crippen molar-refractivity contribution in [1.29, 1.82) is 0 Å². The van der Waals surface area contributed by atoms with Crippen molar-refractivity contribution in [2.75, 3.05) is 13.1 Å². The molecule has 0 aliphatic heterocycles. The fourth-order valence-corrected chi connectivity index (χ4v) is 2.32. The third kappa shape index (κ3) is 2.82. The van der Waals surface area contributed by atoms with Gasteiger partial charge in [-0.25, -0.2) is 0 Å². The lowest BCUT2D eigenvalue weighted by molar-refractivity contribution is 0.0956. The fraction of sp³-hybridized carbons (Fsp3) is 0.188. The predicted molar refractivity (Wildman–Crippen MR) is 83.6 cm³/mol. The standard InChI is InChI=1S/C16H17N5O/c17-8-9-18-16(22)13-7-4-10-21-14(19-20-15(13)21)11-12-5-2-1-3-6-12/h1-7,10H,8-9,11,17H2,(H,18,22). The molecule has 0 aliphatic rings. The number of pyridine rings is 1. The average Bonchev–Trinajstić information content (AvgIpc) is 2.96. The Morgan fingerprint density at radius 3 is 2.73 bits per heavy atom. The molecular weight excluding hydrogens is 278 g/mol. The second-order valence-electron chi connectivity index (χ2n) is 4.94. The molecular formula is C16H17N5O. The largest absolute Gasteiger partial charge is 0.351 e. The molecule has 2 aromatic heterocycles. The molecule has 0 saturated heterocycles. The normalized spacial score (nSPS) is 10.8. The monoisotopic (exact) mass is 295 g/mol. The van der Waals surface area contributed by atoms with Crippen molar-refractivity contribution in [3.05, 3.63) is 65.6 Å². The maximum absolute atomic E-state index is 12.1. The summed E-state index contributed by atoms with van der Waals surface area (Å²) in [5.74, 6) is 0.615. The highest BCUT2D eigenvalue weighted by Crippen LogP contribution is 2.13. The van der Waals surface area contributed by atoms with Crippen LogP contribution in [0, 0.1) is 0 Å². The van der Waals surface area contributed by atoms with Gasteiger partial charge in [0.15, 0.2) is 5.65 Å². The van der Waals surface area contributed by atoms with Crippen LogP contribution < -0.4 is 11.1 Å². The SMILES string of the molecule is NCCNC(=O)c1cccn2c(Cc3ccccc3)nnc12. The van der Waals surface area contributed by atoms with Gasteiger partial charge in [-0.3, -0.25) is 9.20 Å². The number of amides is 1. The van der Waals surface area contributed by atoms with Gasteiger partial charge in [0, 0.05) is 25.7 Å². The van der Waals surface area contributed by atoms with Crippen LogP contribution in [0.25, 0.3) is 5.65 Å². The van der Waals surface area contributed by atoms with E-state index >= 15 is 0 Å². The Morgan fingerprint density at radius 1 is 1.14 bits per heavy atom. The van der Waals surface area contributed by atoms with Gasteiger partial charge >= 0.3 is 0 Å². The fourth-order valence-electron chi connectivity index (χ4n) is 2.32. The summed E-state index contributed by atoms with van der Waals surface area (Å²) in [5, 5.41) is 11.1. The zero-order valence-corrected chi connectivity index (χ0v) is 12.1. The van der Waals surface area contributed by atoms with Crippen LogP contribution in [-0.4, -0.2) is 33.6 Å². The third-order valence-corrected chi connectivity index (χ3v) is 3.38. The molecule has 112 valence electrons. The molecule has 3 rings (SSSR count). The minimum absolute atomic E-state index is 0.185. The van der Waals surface area contributed by atoms with Crippen molar-refractivity contribution in [2.45, 2.75) is 6.42 Å². The van der Waals surface area contributed by atoms with Gasteiger partial charge in [-0.05, 0) is 17.7 Å². The van der Waals surface area contributed by atoms with Gasteiger partial charge in [0.25, 0.3) is 5.91 Å². The molecule has 6 heteroatoms. The van der Waals surface area contributed by atoms with Crippen molar-refractivity contribution in [1.82, 2.24) is 19.9 Å². The quantitative estimate of drug-likeness (QED) is 0.735. The Hall–Kier alpha value is -2.73. The van der Waals surface area contributed by atoms with Crippen LogP contribution in [-0.2, 0) is 6.42 Å². The van der Waals surface area contributed by atoms with Crippen LogP contribution >= 0.6 is 0 Å². The smallest absolute Gasteiger partial charge is 0.255 e. The number of benzene rings is 1. The van der Waals surface area contributed by atoms with Crippen molar-refractivity contribution < 1.29 is 4.79 Å². The number of hydrogen-bond acceptors (Lipinski definition) is 4. The summed E-state index contributed by atoms with van der Waals surface area (Å²) in [6.07, 6.45) is 2.53. The maximum Gasteiger partial charge on any atom is 0.255 e. The maximum atomic E-state index is 12.1. The molecule has 0 atom stereocenters. The van der Waals surface area contributed by atoms with Crippen molar-refractivity contribution in [3.8, 4) is 0 Å². The second kappa shape index (κ2) is 6.36. The van der Waals surface area contributed by atoms with E-state index in [1.807, 2.05) is 47.0 Å².